The molecular formula is C24H16BrN3S. The second-order valence-electron chi connectivity index (χ2n) is 6.31. The van der Waals surface area contributed by atoms with Crippen LogP contribution in [0.5, 0.6) is 0 Å². The van der Waals surface area contributed by atoms with Gasteiger partial charge in [0, 0.05) is 27.3 Å². The summed E-state index contributed by atoms with van der Waals surface area (Å²) in [6.07, 6.45) is 1.70. The van der Waals surface area contributed by atoms with Gasteiger partial charge in [-0.05, 0) is 29.3 Å². The molecule has 0 unspecified atom stereocenters. The van der Waals surface area contributed by atoms with Gasteiger partial charge in [-0.25, -0.2) is 4.98 Å². The van der Waals surface area contributed by atoms with Crippen molar-refractivity contribution in [2.24, 2.45) is 0 Å². The van der Waals surface area contributed by atoms with E-state index in [9.17, 15) is 5.26 Å². The fourth-order valence-corrected chi connectivity index (χ4v) is 4.06. The number of nitriles is 1. The summed E-state index contributed by atoms with van der Waals surface area (Å²) in [5.74, 6) is 0. The quantitative estimate of drug-likeness (QED) is 0.321. The molecule has 3 nitrogen and oxygen atoms in total. The first-order valence-corrected chi connectivity index (χ1v) is 10.6. The van der Waals surface area contributed by atoms with Crippen molar-refractivity contribution in [2.75, 3.05) is 5.32 Å². The molecule has 0 aliphatic carbocycles. The number of hydrogen-bond acceptors (Lipinski definition) is 4. The van der Waals surface area contributed by atoms with Gasteiger partial charge in [0.15, 0.2) is 0 Å². The van der Waals surface area contributed by atoms with Crippen LogP contribution >= 0.6 is 27.3 Å². The lowest BCUT2D eigenvalue weighted by molar-refractivity contribution is 1.36. The van der Waals surface area contributed by atoms with Crippen molar-refractivity contribution >= 4 is 38.5 Å². The molecule has 3 aromatic carbocycles. The van der Waals surface area contributed by atoms with Crippen LogP contribution in [0, 0.1) is 11.3 Å². The van der Waals surface area contributed by atoms with Crippen LogP contribution in [0.2, 0.25) is 0 Å². The summed E-state index contributed by atoms with van der Waals surface area (Å²) in [7, 11) is 0. The first kappa shape index (κ1) is 19.1. The Labute approximate surface area is 182 Å². The molecule has 5 heteroatoms. The van der Waals surface area contributed by atoms with Crippen LogP contribution in [-0.2, 0) is 0 Å². The van der Waals surface area contributed by atoms with Crippen LogP contribution in [0.1, 0.15) is 5.01 Å². The molecule has 1 N–H and O–H groups in total. The third-order valence-electron chi connectivity index (χ3n) is 4.35. The minimum atomic E-state index is 0.502. The Morgan fingerprint density at radius 3 is 2.38 bits per heavy atom. The van der Waals surface area contributed by atoms with E-state index in [0.29, 0.717) is 10.6 Å². The van der Waals surface area contributed by atoms with Crippen molar-refractivity contribution < 1.29 is 0 Å². The van der Waals surface area contributed by atoms with Gasteiger partial charge in [-0.1, -0.05) is 76.6 Å². The molecule has 0 atom stereocenters. The lowest BCUT2D eigenvalue weighted by Gasteiger charge is -2.03. The third kappa shape index (κ3) is 4.62. The fourth-order valence-electron chi connectivity index (χ4n) is 2.87. The molecule has 1 aromatic heterocycles. The zero-order chi connectivity index (χ0) is 20.1. The van der Waals surface area contributed by atoms with Gasteiger partial charge in [0.25, 0.3) is 0 Å². The summed E-state index contributed by atoms with van der Waals surface area (Å²) in [6.45, 7) is 0. The molecule has 0 radical (unpaired) electrons. The van der Waals surface area contributed by atoms with Gasteiger partial charge in [0.05, 0.1) is 5.69 Å². The molecule has 0 saturated carbocycles. The molecule has 0 amide bonds. The largest absolute Gasteiger partial charge is 0.360 e. The molecule has 4 aromatic rings. The number of nitrogens with one attached hydrogen (secondary N) is 1. The van der Waals surface area contributed by atoms with Crippen molar-refractivity contribution in [3.05, 3.63) is 99.9 Å². The molecule has 0 aliphatic heterocycles. The second kappa shape index (κ2) is 8.87. The maximum absolute atomic E-state index is 9.55. The van der Waals surface area contributed by atoms with Gasteiger partial charge < -0.3 is 5.32 Å². The SMILES string of the molecule is N#CC(=CNc1cccc(Br)c1)c1nc(-c2ccc(-c3ccccc3)cc2)cs1. The maximum atomic E-state index is 9.55. The smallest absolute Gasteiger partial charge is 0.136 e. The van der Waals surface area contributed by atoms with Crippen molar-refractivity contribution in [1.82, 2.24) is 4.98 Å². The van der Waals surface area contributed by atoms with Crippen LogP contribution in [0.4, 0.5) is 5.69 Å². The predicted molar refractivity (Wildman–Crippen MR) is 124 cm³/mol. The number of nitrogens with zero attached hydrogens (tertiary/aromatic N) is 2. The minimum absolute atomic E-state index is 0.502. The molecule has 1 heterocycles. The highest BCUT2D eigenvalue weighted by Crippen LogP contribution is 2.28. The van der Waals surface area contributed by atoms with E-state index in [1.807, 2.05) is 47.8 Å². The van der Waals surface area contributed by atoms with Crippen molar-refractivity contribution in [2.45, 2.75) is 0 Å². The van der Waals surface area contributed by atoms with Crippen LogP contribution in [0.25, 0.3) is 28.0 Å². The standard InChI is InChI=1S/C24H16BrN3S/c25-21-7-4-8-22(13-21)27-15-20(14-26)24-28-23(16-29-24)19-11-9-18(10-12-19)17-5-2-1-3-6-17/h1-13,15-16,27H. The summed E-state index contributed by atoms with van der Waals surface area (Å²) in [5.41, 5.74) is 5.66. The van der Waals surface area contributed by atoms with Gasteiger partial charge in [-0.3, -0.25) is 0 Å². The van der Waals surface area contributed by atoms with E-state index < -0.39 is 0 Å². The number of hydrogen-bond donors (Lipinski definition) is 1. The molecule has 0 saturated heterocycles. The predicted octanol–water partition coefficient (Wildman–Crippen LogP) is 7.22. The van der Waals surface area contributed by atoms with E-state index >= 15 is 0 Å². The van der Waals surface area contributed by atoms with E-state index in [1.54, 1.807) is 6.20 Å². The Hall–Kier alpha value is -3.20. The molecule has 0 aliphatic rings. The normalized spacial score (nSPS) is 11.1. The zero-order valence-corrected chi connectivity index (χ0v) is 17.7. The minimum Gasteiger partial charge on any atom is -0.360 e. The highest BCUT2D eigenvalue weighted by Gasteiger charge is 2.09. The number of allylic oxidation sites excluding steroid dienone is 1. The number of aromatic nitrogens is 1. The summed E-state index contributed by atoms with van der Waals surface area (Å²) >= 11 is 4.91. The van der Waals surface area contributed by atoms with Crippen LogP contribution in [0.3, 0.4) is 0 Å². The molecule has 4 rings (SSSR count). The number of halogens is 1. The Morgan fingerprint density at radius 1 is 0.931 bits per heavy atom. The van der Waals surface area contributed by atoms with E-state index in [1.165, 1.54) is 22.5 Å². The average molecular weight is 458 g/mol. The van der Waals surface area contributed by atoms with E-state index in [0.717, 1.165) is 21.4 Å². The Balaban J connectivity index is 1.54. The maximum Gasteiger partial charge on any atom is 0.136 e. The van der Waals surface area contributed by atoms with Crippen LogP contribution in [0.15, 0.2) is 94.9 Å². The fraction of sp³-hybridized carbons (Fsp3) is 0. The highest BCUT2D eigenvalue weighted by atomic mass is 79.9. The Morgan fingerprint density at radius 2 is 1.66 bits per heavy atom. The van der Waals surface area contributed by atoms with E-state index in [4.69, 9.17) is 0 Å². The first-order valence-electron chi connectivity index (χ1n) is 8.97. The molecule has 0 fully saturated rings. The molecule has 29 heavy (non-hydrogen) atoms. The molecule has 0 bridgehead atoms. The average Bonchev–Trinajstić information content (AvgIpc) is 3.25. The molecule has 0 spiro atoms. The lowest BCUT2D eigenvalue weighted by atomic mass is 10.0. The third-order valence-corrected chi connectivity index (χ3v) is 5.72. The first-order chi connectivity index (χ1) is 14.2. The monoisotopic (exact) mass is 457 g/mol. The summed E-state index contributed by atoms with van der Waals surface area (Å²) < 4.78 is 0.977. The van der Waals surface area contributed by atoms with Gasteiger partial charge in [-0.15, -0.1) is 11.3 Å². The number of benzene rings is 3. The summed E-state index contributed by atoms with van der Waals surface area (Å²) in [5, 5.41) is 15.4. The number of thiazole rings is 1. The number of anilines is 1. The topological polar surface area (TPSA) is 48.7 Å². The summed E-state index contributed by atoms with van der Waals surface area (Å²) in [4.78, 5) is 4.66. The van der Waals surface area contributed by atoms with Gasteiger partial charge in [0.2, 0.25) is 0 Å². The van der Waals surface area contributed by atoms with E-state index in [2.05, 4.69) is 68.7 Å². The van der Waals surface area contributed by atoms with E-state index in [-0.39, 0.29) is 0 Å². The Bertz CT molecular complexity index is 1190. The summed E-state index contributed by atoms with van der Waals surface area (Å²) in [6, 6.07) is 28.6. The van der Waals surface area contributed by atoms with Gasteiger partial charge in [0.1, 0.15) is 16.6 Å². The molecular weight excluding hydrogens is 442 g/mol. The van der Waals surface area contributed by atoms with Crippen LogP contribution < -0.4 is 5.32 Å². The van der Waals surface area contributed by atoms with Gasteiger partial charge >= 0.3 is 0 Å². The van der Waals surface area contributed by atoms with Crippen LogP contribution in [-0.4, -0.2) is 4.98 Å². The van der Waals surface area contributed by atoms with Crippen molar-refractivity contribution in [1.29, 1.82) is 5.26 Å². The molecule has 140 valence electrons. The van der Waals surface area contributed by atoms with Crippen molar-refractivity contribution in [3.63, 3.8) is 0 Å². The zero-order valence-electron chi connectivity index (χ0n) is 15.3. The number of rotatable bonds is 5. The van der Waals surface area contributed by atoms with Crippen molar-refractivity contribution in [3.8, 4) is 28.5 Å². The second-order valence-corrected chi connectivity index (χ2v) is 8.08. The van der Waals surface area contributed by atoms with Gasteiger partial charge in [-0.2, -0.15) is 5.26 Å². The Kier molecular flexibility index (Phi) is 5.85. The lowest BCUT2D eigenvalue weighted by Crippen LogP contribution is -1.91. The highest BCUT2D eigenvalue weighted by molar-refractivity contribution is 9.10.